The summed E-state index contributed by atoms with van der Waals surface area (Å²) < 4.78 is 4.76. The highest BCUT2D eigenvalue weighted by atomic mass is 16.5. The molecule has 0 radical (unpaired) electrons. The van der Waals surface area contributed by atoms with Gasteiger partial charge in [-0.25, -0.2) is 4.79 Å². The van der Waals surface area contributed by atoms with E-state index in [0.29, 0.717) is 18.5 Å². The molecule has 0 spiro atoms. The van der Waals surface area contributed by atoms with E-state index in [0.717, 1.165) is 37.1 Å². The first kappa shape index (κ1) is 20.1. The van der Waals surface area contributed by atoms with Crippen molar-refractivity contribution < 1.29 is 14.3 Å². The molecule has 0 saturated carbocycles. The number of piperidine rings is 1. The first-order valence-corrected chi connectivity index (χ1v) is 9.76. The lowest BCUT2D eigenvalue weighted by Gasteiger charge is -2.37. The molecule has 1 fully saturated rings. The standard InChI is InChI=1S/C23H28N2O3/c1-24-14-12-21(13-15-24)25(22(26)16-18-6-4-3-5-7-18)17-19-8-10-20(11-9-19)23(27)28-2/h3-11,21H,12-17H2,1-2H3. The number of hydrogen-bond acceptors (Lipinski definition) is 4. The van der Waals surface area contributed by atoms with Crippen LogP contribution in [0.1, 0.15) is 34.3 Å². The topological polar surface area (TPSA) is 49.9 Å². The van der Waals surface area contributed by atoms with Gasteiger partial charge in [-0.15, -0.1) is 0 Å². The van der Waals surface area contributed by atoms with Crippen LogP contribution in [-0.4, -0.2) is 55.0 Å². The van der Waals surface area contributed by atoms with Crippen molar-refractivity contribution in [2.24, 2.45) is 0 Å². The van der Waals surface area contributed by atoms with Crippen molar-refractivity contribution in [3.05, 3.63) is 71.3 Å². The number of carbonyl (C=O) groups excluding carboxylic acids is 2. The molecular weight excluding hydrogens is 352 g/mol. The smallest absolute Gasteiger partial charge is 0.337 e. The number of hydrogen-bond donors (Lipinski definition) is 0. The van der Waals surface area contributed by atoms with Crippen LogP contribution in [0.5, 0.6) is 0 Å². The molecule has 0 atom stereocenters. The Morgan fingerprint density at radius 2 is 1.64 bits per heavy atom. The molecule has 1 aliphatic rings. The van der Waals surface area contributed by atoms with Crippen LogP contribution in [0.15, 0.2) is 54.6 Å². The SMILES string of the molecule is COC(=O)c1ccc(CN(C(=O)Cc2ccccc2)C2CCN(C)CC2)cc1. The summed E-state index contributed by atoms with van der Waals surface area (Å²) in [5.41, 5.74) is 2.58. The fraction of sp³-hybridized carbons (Fsp3) is 0.391. The molecule has 0 aliphatic carbocycles. The van der Waals surface area contributed by atoms with Gasteiger partial charge in [-0.05, 0) is 56.2 Å². The molecule has 0 unspecified atom stereocenters. The van der Waals surface area contributed by atoms with E-state index in [1.165, 1.54) is 7.11 Å². The summed E-state index contributed by atoms with van der Waals surface area (Å²) in [5.74, 6) is -0.198. The summed E-state index contributed by atoms with van der Waals surface area (Å²) in [6, 6.07) is 17.5. The molecule has 0 aromatic heterocycles. The molecule has 1 heterocycles. The largest absolute Gasteiger partial charge is 0.465 e. The third-order valence-electron chi connectivity index (χ3n) is 5.38. The Labute approximate surface area is 166 Å². The van der Waals surface area contributed by atoms with Crippen LogP contribution in [0.25, 0.3) is 0 Å². The Kier molecular flexibility index (Phi) is 6.82. The van der Waals surface area contributed by atoms with Gasteiger partial charge in [0.15, 0.2) is 0 Å². The van der Waals surface area contributed by atoms with E-state index in [4.69, 9.17) is 4.74 Å². The minimum atomic E-state index is -0.348. The molecule has 0 bridgehead atoms. The molecule has 1 amide bonds. The molecule has 5 heteroatoms. The number of methoxy groups -OCH3 is 1. The molecule has 148 valence electrons. The fourth-order valence-electron chi connectivity index (χ4n) is 3.66. The number of ether oxygens (including phenoxy) is 1. The minimum Gasteiger partial charge on any atom is -0.465 e. The van der Waals surface area contributed by atoms with Crippen molar-refractivity contribution >= 4 is 11.9 Å². The predicted octanol–water partition coefficient (Wildman–Crippen LogP) is 3.14. The second kappa shape index (κ2) is 9.51. The van der Waals surface area contributed by atoms with Gasteiger partial charge in [0.05, 0.1) is 19.1 Å². The second-order valence-electron chi connectivity index (χ2n) is 7.41. The fourth-order valence-corrected chi connectivity index (χ4v) is 3.66. The van der Waals surface area contributed by atoms with Gasteiger partial charge in [0.2, 0.25) is 5.91 Å². The molecule has 3 rings (SSSR count). The second-order valence-corrected chi connectivity index (χ2v) is 7.41. The average Bonchev–Trinajstić information content (AvgIpc) is 2.73. The van der Waals surface area contributed by atoms with E-state index in [9.17, 15) is 9.59 Å². The van der Waals surface area contributed by atoms with E-state index in [-0.39, 0.29) is 17.9 Å². The zero-order chi connectivity index (χ0) is 19.9. The van der Waals surface area contributed by atoms with E-state index in [1.807, 2.05) is 47.4 Å². The highest BCUT2D eigenvalue weighted by molar-refractivity contribution is 5.89. The van der Waals surface area contributed by atoms with E-state index < -0.39 is 0 Å². The van der Waals surface area contributed by atoms with Crippen molar-refractivity contribution in [2.45, 2.75) is 31.8 Å². The first-order valence-electron chi connectivity index (χ1n) is 9.76. The number of likely N-dealkylation sites (tertiary alicyclic amines) is 1. The van der Waals surface area contributed by atoms with Crippen molar-refractivity contribution in [2.75, 3.05) is 27.2 Å². The number of esters is 1. The highest BCUT2D eigenvalue weighted by Gasteiger charge is 2.27. The molecule has 0 N–H and O–H groups in total. The Balaban J connectivity index is 1.75. The molecule has 2 aromatic carbocycles. The normalized spacial score (nSPS) is 15.2. The van der Waals surface area contributed by atoms with E-state index in [2.05, 4.69) is 11.9 Å². The molecule has 28 heavy (non-hydrogen) atoms. The Bertz CT molecular complexity index is 781. The number of benzene rings is 2. The predicted molar refractivity (Wildman–Crippen MR) is 109 cm³/mol. The third-order valence-corrected chi connectivity index (χ3v) is 5.38. The van der Waals surface area contributed by atoms with Crippen LogP contribution in [0, 0.1) is 0 Å². The van der Waals surface area contributed by atoms with Gasteiger partial charge in [-0.1, -0.05) is 42.5 Å². The van der Waals surface area contributed by atoms with Gasteiger partial charge in [0, 0.05) is 12.6 Å². The van der Waals surface area contributed by atoms with Crippen LogP contribution in [0.4, 0.5) is 0 Å². The summed E-state index contributed by atoms with van der Waals surface area (Å²) >= 11 is 0. The zero-order valence-corrected chi connectivity index (χ0v) is 16.6. The first-order chi connectivity index (χ1) is 13.6. The van der Waals surface area contributed by atoms with Crippen molar-refractivity contribution in [3.63, 3.8) is 0 Å². The summed E-state index contributed by atoms with van der Waals surface area (Å²) in [6.45, 7) is 2.56. The van der Waals surface area contributed by atoms with Crippen LogP contribution < -0.4 is 0 Å². The van der Waals surface area contributed by atoms with E-state index in [1.54, 1.807) is 12.1 Å². The van der Waals surface area contributed by atoms with Crippen molar-refractivity contribution in [3.8, 4) is 0 Å². The Morgan fingerprint density at radius 3 is 2.25 bits per heavy atom. The molecule has 2 aromatic rings. The van der Waals surface area contributed by atoms with Crippen molar-refractivity contribution in [1.29, 1.82) is 0 Å². The highest BCUT2D eigenvalue weighted by Crippen LogP contribution is 2.20. The average molecular weight is 380 g/mol. The van der Waals surface area contributed by atoms with Gasteiger partial charge in [0.1, 0.15) is 0 Å². The molecule has 5 nitrogen and oxygen atoms in total. The summed E-state index contributed by atoms with van der Waals surface area (Å²) in [5, 5.41) is 0. The number of amides is 1. The number of carbonyl (C=O) groups is 2. The maximum absolute atomic E-state index is 13.2. The van der Waals surface area contributed by atoms with Crippen LogP contribution in [0.3, 0.4) is 0 Å². The van der Waals surface area contributed by atoms with Crippen LogP contribution in [0.2, 0.25) is 0 Å². The lowest BCUT2D eigenvalue weighted by atomic mass is 10.0. The number of nitrogens with zero attached hydrogens (tertiary/aromatic N) is 2. The van der Waals surface area contributed by atoms with Gasteiger partial charge in [-0.3, -0.25) is 4.79 Å². The molecule has 1 aliphatic heterocycles. The maximum atomic E-state index is 13.2. The van der Waals surface area contributed by atoms with Gasteiger partial charge in [-0.2, -0.15) is 0 Å². The van der Waals surface area contributed by atoms with Crippen molar-refractivity contribution in [1.82, 2.24) is 9.80 Å². The monoisotopic (exact) mass is 380 g/mol. The Morgan fingerprint density at radius 1 is 1.00 bits per heavy atom. The van der Waals surface area contributed by atoms with Gasteiger partial charge < -0.3 is 14.5 Å². The van der Waals surface area contributed by atoms with Gasteiger partial charge >= 0.3 is 5.97 Å². The lowest BCUT2D eigenvalue weighted by molar-refractivity contribution is -0.134. The quantitative estimate of drug-likeness (QED) is 0.723. The molecule has 1 saturated heterocycles. The lowest BCUT2D eigenvalue weighted by Crippen LogP contribution is -2.46. The zero-order valence-electron chi connectivity index (χ0n) is 16.6. The summed E-state index contributed by atoms with van der Waals surface area (Å²) in [4.78, 5) is 29.1. The summed E-state index contributed by atoms with van der Waals surface area (Å²) in [7, 11) is 3.50. The minimum absolute atomic E-state index is 0.151. The van der Waals surface area contributed by atoms with Gasteiger partial charge in [0.25, 0.3) is 0 Å². The molecular formula is C23H28N2O3. The van der Waals surface area contributed by atoms with Crippen LogP contribution >= 0.6 is 0 Å². The van der Waals surface area contributed by atoms with E-state index >= 15 is 0 Å². The third kappa shape index (κ3) is 5.20. The van der Waals surface area contributed by atoms with Crippen LogP contribution in [-0.2, 0) is 22.5 Å². The maximum Gasteiger partial charge on any atom is 0.337 e. The number of rotatable bonds is 6. The Hall–Kier alpha value is -2.66. The summed E-state index contributed by atoms with van der Waals surface area (Å²) in [6.07, 6.45) is 2.38.